The van der Waals surface area contributed by atoms with Crippen molar-refractivity contribution in [2.45, 2.75) is 26.2 Å². The van der Waals surface area contributed by atoms with Crippen LogP contribution in [0.25, 0.3) is 10.8 Å². The fraction of sp³-hybridized carbons (Fsp3) is 0.296. The first-order valence-electron chi connectivity index (χ1n) is 12.1. The molecule has 1 amide bonds. The minimum absolute atomic E-state index is 0.200. The van der Waals surface area contributed by atoms with Crippen molar-refractivity contribution in [3.63, 3.8) is 0 Å². The lowest BCUT2D eigenvalue weighted by Crippen LogP contribution is -2.47. The topological polar surface area (TPSA) is 114 Å². The number of Topliss-reactive ketones (excluding diaryl/α,β-unsaturated/α-hetero) is 1. The lowest BCUT2D eigenvalue weighted by Gasteiger charge is -2.38. The number of ether oxygens (including phenoxy) is 1. The molecule has 37 heavy (non-hydrogen) atoms. The van der Waals surface area contributed by atoms with Gasteiger partial charge in [0, 0.05) is 47.8 Å². The third kappa shape index (κ3) is 5.07. The number of aromatic nitrogens is 3. The highest BCUT2D eigenvalue weighted by atomic mass is 16.5. The maximum atomic E-state index is 13.3. The first-order valence-corrected chi connectivity index (χ1v) is 12.1. The largest absolute Gasteiger partial charge is 0.379 e. The van der Waals surface area contributed by atoms with Crippen molar-refractivity contribution in [2.24, 2.45) is 0 Å². The second-order valence-electron chi connectivity index (χ2n) is 9.73. The van der Waals surface area contributed by atoms with Gasteiger partial charge in [0.2, 0.25) is 0 Å². The number of nitrogens with zero attached hydrogens (tertiary/aromatic N) is 5. The van der Waals surface area contributed by atoms with Gasteiger partial charge in [-0.1, -0.05) is 50.2 Å². The molecule has 5 rings (SSSR count). The molecule has 2 aromatic carbocycles. The number of hydrazine groups is 1. The molecule has 10 nitrogen and oxygen atoms in total. The molecular weight excluding hydrogens is 472 g/mol. The van der Waals surface area contributed by atoms with E-state index in [2.05, 4.69) is 25.5 Å². The van der Waals surface area contributed by atoms with E-state index in [1.165, 1.54) is 6.33 Å². The van der Waals surface area contributed by atoms with Crippen molar-refractivity contribution in [1.82, 2.24) is 20.1 Å². The molecule has 1 fully saturated rings. The predicted molar refractivity (Wildman–Crippen MR) is 139 cm³/mol. The van der Waals surface area contributed by atoms with Gasteiger partial charge in [-0.2, -0.15) is 0 Å². The van der Waals surface area contributed by atoms with Crippen molar-refractivity contribution in [1.29, 1.82) is 0 Å². The second kappa shape index (κ2) is 10.1. The Bertz CT molecular complexity index is 1420. The number of fused-ring (bicyclic) bond motifs is 1. The third-order valence-electron chi connectivity index (χ3n) is 6.12. The number of rotatable bonds is 6. The van der Waals surface area contributed by atoms with Crippen molar-refractivity contribution in [3.8, 4) is 0 Å². The number of anilines is 3. The monoisotopic (exact) mass is 500 g/mol. The molecule has 1 saturated heterocycles. The summed E-state index contributed by atoms with van der Waals surface area (Å²) in [4.78, 5) is 34.7. The van der Waals surface area contributed by atoms with Crippen molar-refractivity contribution >= 4 is 39.8 Å². The Kier molecular flexibility index (Phi) is 6.68. The summed E-state index contributed by atoms with van der Waals surface area (Å²) in [5, 5.41) is 12.1. The summed E-state index contributed by atoms with van der Waals surface area (Å²) in [6, 6.07) is 14.5. The van der Waals surface area contributed by atoms with Crippen LogP contribution in [0.15, 0.2) is 65.6 Å². The van der Waals surface area contributed by atoms with Gasteiger partial charge < -0.3 is 14.6 Å². The average Bonchev–Trinajstić information content (AvgIpc) is 3.39. The summed E-state index contributed by atoms with van der Waals surface area (Å²) in [5.74, 6) is 0.0551. The molecule has 1 N–H and O–H groups in total. The first kappa shape index (κ1) is 24.5. The maximum absolute atomic E-state index is 13.3. The molecule has 0 atom stereocenters. The van der Waals surface area contributed by atoms with E-state index in [-0.39, 0.29) is 11.2 Å². The predicted octanol–water partition coefficient (Wildman–Crippen LogP) is 4.12. The number of morpholine rings is 1. The number of nitrogens with one attached hydrogen (secondary N) is 1. The van der Waals surface area contributed by atoms with Crippen LogP contribution in [0, 0.1) is 0 Å². The van der Waals surface area contributed by atoms with E-state index in [0.29, 0.717) is 48.8 Å². The summed E-state index contributed by atoms with van der Waals surface area (Å²) >= 11 is 0. The summed E-state index contributed by atoms with van der Waals surface area (Å²) in [7, 11) is 0. The van der Waals surface area contributed by atoms with Gasteiger partial charge in [0.05, 0.1) is 18.9 Å². The lowest BCUT2D eigenvalue weighted by molar-refractivity contribution is -0.112. The van der Waals surface area contributed by atoms with Crippen LogP contribution < -0.4 is 10.3 Å². The normalized spacial score (nSPS) is 14.5. The van der Waals surface area contributed by atoms with Crippen molar-refractivity contribution in [2.75, 3.05) is 36.6 Å². The number of ketones is 1. The Morgan fingerprint density at radius 3 is 2.46 bits per heavy atom. The Morgan fingerprint density at radius 2 is 1.78 bits per heavy atom. The highest BCUT2D eigenvalue weighted by Gasteiger charge is 2.27. The van der Waals surface area contributed by atoms with E-state index in [0.717, 1.165) is 11.1 Å². The quantitative estimate of drug-likeness (QED) is 0.308. The van der Waals surface area contributed by atoms with Gasteiger partial charge >= 0.3 is 0 Å². The van der Waals surface area contributed by atoms with E-state index in [9.17, 15) is 9.59 Å². The maximum Gasteiger partial charge on any atom is 0.298 e. The van der Waals surface area contributed by atoms with Gasteiger partial charge in [0.25, 0.3) is 11.7 Å². The van der Waals surface area contributed by atoms with Crippen molar-refractivity contribution < 1.29 is 18.8 Å². The minimum Gasteiger partial charge on any atom is -0.379 e. The van der Waals surface area contributed by atoms with Crippen LogP contribution in [0.2, 0.25) is 0 Å². The zero-order chi connectivity index (χ0) is 26.0. The minimum atomic E-state index is -0.785. The van der Waals surface area contributed by atoms with Gasteiger partial charge in [-0.15, -0.1) is 0 Å². The highest BCUT2D eigenvalue weighted by Crippen LogP contribution is 2.35. The second-order valence-corrected chi connectivity index (χ2v) is 9.73. The molecule has 10 heteroatoms. The molecule has 190 valence electrons. The number of amides is 1. The van der Waals surface area contributed by atoms with Crippen LogP contribution >= 0.6 is 0 Å². The van der Waals surface area contributed by atoms with Gasteiger partial charge in [0.1, 0.15) is 12.1 Å². The van der Waals surface area contributed by atoms with Crippen LogP contribution in [0.3, 0.4) is 0 Å². The van der Waals surface area contributed by atoms with Gasteiger partial charge in [-0.3, -0.25) is 14.6 Å². The molecule has 0 unspecified atom stereocenters. The fourth-order valence-electron chi connectivity index (χ4n) is 4.23. The molecule has 4 aromatic rings. The Balaban J connectivity index is 1.50. The standard InChI is InChI=1S/C27H28N6O4/c1-27(2,3)22-16-23(31-37-22)30-26(35)25(34)20-8-9-21(19-7-5-4-6-18(19)20)33(24-10-11-28-17-29-24)32-12-14-36-15-13-32/h4-11,16-17H,12-15H2,1-3H3,(H,30,31,35). The van der Waals surface area contributed by atoms with Crippen LogP contribution in [0.1, 0.15) is 36.9 Å². The van der Waals surface area contributed by atoms with E-state index in [1.807, 2.05) is 62.2 Å². The summed E-state index contributed by atoms with van der Waals surface area (Å²) < 4.78 is 10.9. The van der Waals surface area contributed by atoms with Crippen LogP contribution in [-0.4, -0.2) is 58.1 Å². The molecule has 0 bridgehead atoms. The first-order chi connectivity index (χ1) is 17.8. The molecule has 0 saturated carbocycles. The van der Waals surface area contributed by atoms with Crippen LogP contribution in [0.4, 0.5) is 17.3 Å². The van der Waals surface area contributed by atoms with E-state index >= 15 is 0 Å². The Hall–Kier alpha value is -4.15. The molecule has 2 aromatic heterocycles. The molecule has 1 aliphatic rings. The summed E-state index contributed by atoms with van der Waals surface area (Å²) in [6.45, 7) is 8.45. The summed E-state index contributed by atoms with van der Waals surface area (Å²) in [5.41, 5.74) is 0.850. The number of carbonyl (C=O) groups is 2. The molecule has 3 heterocycles. The number of benzene rings is 2. The van der Waals surface area contributed by atoms with Gasteiger partial charge in [0.15, 0.2) is 11.6 Å². The van der Waals surface area contributed by atoms with E-state index < -0.39 is 11.7 Å². The fourth-order valence-corrected chi connectivity index (χ4v) is 4.23. The Morgan fingerprint density at radius 1 is 1.03 bits per heavy atom. The molecule has 1 aliphatic heterocycles. The third-order valence-corrected chi connectivity index (χ3v) is 6.12. The van der Waals surface area contributed by atoms with Crippen LogP contribution in [0.5, 0.6) is 0 Å². The molecule has 0 aliphatic carbocycles. The molecule has 0 spiro atoms. The SMILES string of the molecule is CC(C)(C)c1cc(NC(=O)C(=O)c2ccc(N(c3ccncn3)N3CCOCC3)c3ccccc23)no1. The molecular formula is C27H28N6O4. The zero-order valence-corrected chi connectivity index (χ0v) is 21.0. The zero-order valence-electron chi connectivity index (χ0n) is 21.0. The van der Waals surface area contributed by atoms with Gasteiger partial charge in [-0.05, 0) is 17.5 Å². The van der Waals surface area contributed by atoms with Crippen LogP contribution in [-0.2, 0) is 14.9 Å². The number of hydrogen-bond acceptors (Lipinski definition) is 9. The highest BCUT2D eigenvalue weighted by molar-refractivity contribution is 6.48. The number of hydrogen-bond donors (Lipinski definition) is 1. The van der Waals surface area contributed by atoms with E-state index in [1.54, 1.807) is 18.3 Å². The summed E-state index contributed by atoms with van der Waals surface area (Å²) in [6.07, 6.45) is 3.19. The van der Waals surface area contributed by atoms with E-state index in [4.69, 9.17) is 9.26 Å². The smallest absolute Gasteiger partial charge is 0.298 e. The lowest BCUT2D eigenvalue weighted by atomic mass is 9.93. The molecule has 0 radical (unpaired) electrons. The Labute approximate surface area is 214 Å². The number of carbonyl (C=O) groups excluding carboxylic acids is 2. The average molecular weight is 501 g/mol. The van der Waals surface area contributed by atoms with Crippen molar-refractivity contribution in [3.05, 3.63) is 72.4 Å². The van der Waals surface area contributed by atoms with Gasteiger partial charge in [-0.25, -0.2) is 15.0 Å².